The molecule has 1 atom stereocenters. The van der Waals surface area contributed by atoms with Gasteiger partial charge in [-0.25, -0.2) is 0 Å². The first kappa shape index (κ1) is 14.8. The first-order valence-corrected chi connectivity index (χ1v) is 6.29. The smallest absolute Gasteiger partial charge is 0.223 e. The Morgan fingerprint density at radius 1 is 1.56 bits per heavy atom. The highest BCUT2D eigenvalue weighted by molar-refractivity contribution is 6.32. The molecule has 100 valence electrons. The van der Waals surface area contributed by atoms with Crippen LogP contribution in [0.2, 0.25) is 5.02 Å². The molecule has 0 radical (unpaired) electrons. The van der Waals surface area contributed by atoms with Crippen molar-refractivity contribution in [1.82, 2.24) is 5.32 Å². The maximum atomic E-state index is 11.2. The van der Waals surface area contributed by atoms with Gasteiger partial charge in [-0.1, -0.05) is 17.7 Å². The minimum atomic E-state index is -0.563. The fourth-order valence-corrected chi connectivity index (χ4v) is 1.68. The Morgan fingerprint density at radius 3 is 2.83 bits per heavy atom. The monoisotopic (exact) mass is 271 g/mol. The molecule has 0 heterocycles. The first-order chi connectivity index (χ1) is 8.54. The van der Waals surface area contributed by atoms with Crippen molar-refractivity contribution in [3.05, 3.63) is 28.8 Å². The summed E-state index contributed by atoms with van der Waals surface area (Å²) in [6.45, 7) is 4.42. The van der Waals surface area contributed by atoms with Crippen LogP contribution in [0.4, 0.5) is 0 Å². The van der Waals surface area contributed by atoms with Crippen LogP contribution in [0.1, 0.15) is 31.9 Å². The summed E-state index contributed by atoms with van der Waals surface area (Å²) in [5.41, 5.74) is 0.732. The number of hydrogen-bond acceptors (Lipinski definition) is 3. The van der Waals surface area contributed by atoms with Crippen molar-refractivity contribution in [3.8, 4) is 5.75 Å². The molecule has 5 heteroatoms. The Balaban J connectivity index is 2.50. The number of carbonyl (C=O) groups excluding carboxylic acids is 1. The van der Waals surface area contributed by atoms with Crippen molar-refractivity contribution in [2.45, 2.75) is 26.4 Å². The molecule has 18 heavy (non-hydrogen) atoms. The van der Waals surface area contributed by atoms with Crippen molar-refractivity contribution < 1.29 is 14.6 Å². The van der Waals surface area contributed by atoms with E-state index in [1.165, 1.54) is 0 Å². The van der Waals surface area contributed by atoms with Crippen LogP contribution in [-0.4, -0.2) is 24.2 Å². The predicted octanol–water partition coefficient (Wildman–Crippen LogP) is 2.30. The van der Waals surface area contributed by atoms with Gasteiger partial charge in [-0.2, -0.15) is 0 Å². The molecule has 1 rings (SSSR count). The van der Waals surface area contributed by atoms with Gasteiger partial charge in [0, 0.05) is 6.54 Å². The van der Waals surface area contributed by atoms with E-state index < -0.39 is 6.10 Å². The van der Waals surface area contributed by atoms with Gasteiger partial charge in [0.15, 0.2) is 0 Å². The molecule has 0 saturated carbocycles. The molecular weight excluding hydrogens is 254 g/mol. The fraction of sp³-hybridized carbons (Fsp3) is 0.462. The molecule has 1 unspecified atom stereocenters. The van der Waals surface area contributed by atoms with Crippen LogP contribution in [0.15, 0.2) is 18.2 Å². The molecule has 2 N–H and O–H groups in total. The van der Waals surface area contributed by atoms with Crippen LogP contribution in [0.5, 0.6) is 5.75 Å². The van der Waals surface area contributed by atoms with Gasteiger partial charge < -0.3 is 15.2 Å². The Hall–Kier alpha value is -1.26. The van der Waals surface area contributed by atoms with E-state index in [2.05, 4.69) is 5.32 Å². The molecule has 4 nitrogen and oxygen atoms in total. The Morgan fingerprint density at radius 2 is 2.28 bits per heavy atom. The highest BCUT2D eigenvalue weighted by atomic mass is 35.5. The highest BCUT2D eigenvalue weighted by Crippen LogP contribution is 2.27. The molecule has 1 amide bonds. The van der Waals surface area contributed by atoms with Crippen LogP contribution < -0.4 is 10.1 Å². The van der Waals surface area contributed by atoms with Gasteiger partial charge in [0.1, 0.15) is 5.75 Å². The predicted molar refractivity (Wildman–Crippen MR) is 70.9 cm³/mol. The summed E-state index contributed by atoms with van der Waals surface area (Å²) in [7, 11) is 0. The summed E-state index contributed by atoms with van der Waals surface area (Å²) in [5, 5.41) is 12.5. The van der Waals surface area contributed by atoms with Crippen LogP contribution >= 0.6 is 11.6 Å². The molecule has 0 spiro atoms. The van der Waals surface area contributed by atoms with E-state index in [0.717, 1.165) is 5.56 Å². The molecule has 0 aliphatic carbocycles. The average Bonchev–Trinajstić information content (AvgIpc) is 2.31. The molecule has 1 aromatic rings. The largest absolute Gasteiger partial charge is 0.491 e. The van der Waals surface area contributed by atoms with Crippen molar-refractivity contribution in [2.24, 2.45) is 0 Å². The van der Waals surface area contributed by atoms with Gasteiger partial charge in [0.05, 0.1) is 24.2 Å². The van der Waals surface area contributed by atoms with Crippen LogP contribution in [-0.2, 0) is 4.79 Å². The lowest BCUT2D eigenvalue weighted by molar-refractivity contribution is -0.121. The number of benzene rings is 1. The van der Waals surface area contributed by atoms with Gasteiger partial charge in [-0.15, -0.1) is 0 Å². The minimum absolute atomic E-state index is 0.0470. The third-order valence-electron chi connectivity index (χ3n) is 2.40. The second kappa shape index (κ2) is 7.24. The van der Waals surface area contributed by atoms with E-state index in [1.807, 2.05) is 6.92 Å². The molecular formula is C13H18ClNO3. The minimum Gasteiger partial charge on any atom is -0.491 e. The highest BCUT2D eigenvalue weighted by Gasteiger charge is 2.07. The van der Waals surface area contributed by atoms with E-state index in [1.54, 1.807) is 25.1 Å². The summed E-state index contributed by atoms with van der Waals surface area (Å²) in [5.74, 6) is 0.472. The number of halogens is 1. The molecule has 0 fully saturated rings. The van der Waals surface area contributed by atoms with Crippen molar-refractivity contribution in [3.63, 3.8) is 0 Å². The SMILES string of the molecule is CCNC(=O)CCOc1ccc(C(C)O)cc1Cl. The Bertz CT molecular complexity index is 407. The lowest BCUT2D eigenvalue weighted by atomic mass is 10.1. The summed E-state index contributed by atoms with van der Waals surface area (Å²) in [4.78, 5) is 11.2. The summed E-state index contributed by atoms with van der Waals surface area (Å²) < 4.78 is 5.41. The molecule has 0 aliphatic rings. The van der Waals surface area contributed by atoms with Crippen molar-refractivity contribution in [1.29, 1.82) is 0 Å². The standard InChI is InChI=1S/C13H18ClNO3/c1-3-15-13(17)6-7-18-12-5-4-10(9(2)16)8-11(12)14/h4-5,8-9,16H,3,6-7H2,1-2H3,(H,15,17). The lowest BCUT2D eigenvalue weighted by Crippen LogP contribution is -2.24. The second-order valence-electron chi connectivity index (χ2n) is 3.92. The normalized spacial score (nSPS) is 12.0. The number of nitrogens with one attached hydrogen (secondary N) is 1. The first-order valence-electron chi connectivity index (χ1n) is 5.91. The van der Waals surface area contributed by atoms with Gasteiger partial charge in [0.25, 0.3) is 0 Å². The van der Waals surface area contributed by atoms with Gasteiger partial charge in [-0.05, 0) is 31.5 Å². The summed E-state index contributed by atoms with van der Waals surface area (Å²) >= 11 is 6.01. The maximum absolute atomic E-state index is 11.2. The van der Waals surface area contributed by atoms with Gasteiger partial charge >= 0.3 is 0 Å². The summed E-state index contributed by atoms with van der Waals surface area (Å²) in [6, 6.07) is 5.10. The number of amides is 1. The van der Waals surface area contributed by atoms with E-state index in [0.29, 0.717) is 23.7 Å². The molecule has 0 bridgehead atoms. The van der Waals surface area contributed by atoms with Crippen LogP contribution in [0, 0.1) is 0 Å². The van der Waals surface area contributed by atoms with Gasteiger partial charge in [0.2, 0.25) is 5.91 Å². The quantitative estimate of drug-likeness (QED) is 0.835. The zero-order chi connectivity index (χ0) is 13.5. The number of ether oxygens (including phenoxy) is 1. The molecule has 0 aliphatic heterocycles. The zero-order valence-electron chi connectivity index (χ0n) is 10.6. The van der Waals surface area contributed by atoms with Crippen LogP contribution in [0.25, 0.3) is 0 Å². The summed E-state index contributed by atoms with van der Waals surface area (Å²) in [6.07, 6.45) is -0.269. The number of aliphatic hydroxyl groups is 1. The molecule has 1 aromatic carbocycles. The Labute approximate surface area is 112 Å². The van der Waals surface area contributed by atoms with E-state index in [4.69, 9.17) is 16.3 Å². The third-order valence-corrected chi connectivity index (χ3v) is 2.69. The van der Waals surface area contributed by atoms with Crippen molar-refractivity contribution in [2.75, 3.05) is 13.2 Å². The molecule has 0 saturated heterocycles. The third kappa shape index (κ3) is 4.55. The number of hydrogen-bond donors (Lipinski definition) is 2. The van der Waals surface area contributed by atoms with Gasteiger partial charge in [-0.3, -0.25) is 4.79 Å². The zero-order valence-corrected chi connectivity index (χ0v) is 11.3. The van der Waals surface area contributed by atoms with E-state index >= 15 is 0 Å². The molecule has 0 aromatic heterocycles. The maximum Gasteiger partial charge on any atom is 0.223 e. The van der Waals surface area contributed by atoms with E-state index in [9.17, 15) is 9.90 Å². The average molecular weight is 272 g/mol. The second-order valence-corrected chi connectivity index (χ2v) is 4.33. The number of carbonyl (C=O) groups is 1. The lowest BCUT2D eigenvalue weighted by Gasteiger charge is -2.10. The number of aliphatic hydroxyl groups excluding tert-OH is 1. The van der Waals surface area contributed by atoms with Crippen molar-refractivity contribution >= 4 is 17.5 Å². The topological polar surface area (TPSA) is 58.6 Å². The number of rotatable bonds is 6. The fourth-order valence-electron chi connectivity index (χ4n) is 1.43. The van der Waals surface area contributed by atoms with E-state index in [-0.39, 0.29) is 12.5 Å². The van der Waals surface area contributed by atoms with Crippen LogP contribution in [0.3, 0.4) is 0 Å². The Kier molecular flexibility index (Phi) is 5.95.